The van der Waals surface area contributed by atoms with E-state index in [4.69, 9.17) is 14.2 Å². The highest BCUT2D eigenvalue weighted by Crippen LogP contribution is 2.19. The van der Waals surface area contributed by atoms with E-state index in [-0.39, 0.29) is 31.1 Å². The van der Waals surface area contributed by atoms with Gasteiger partial charge < -0.3 is 14.2 Å². The molecule has 0 bridgehead atoms. The molecule has 0 saturated heterocycles. The number of hydrogen-bond acceptors (Lipinski definition) is 6. The van der Waals surface area contributed by atoms with Gasteiger partial charge in [-0.05, 0) is 51.4 Å². The quantitative estimate of drug-likeness (QED) is 0.0261. The molecule has 0 N–H and O–H groups in total. The molecule has 0 amide bonds. The summed E-state index contributed by atoms with van der Waals surface area (Å²) >= 11 is 0. The Hall–Kier alpha value is -2.11. The highest BCUT2D eigenvalue weighted by Gasteiger charge is 2.19. The first-order valence-electron chi connectivity index (χ1n) is 35.8. The van der Waals surface area contributed by atoms with Crippen molar-refractivity contribution in [2.75, 3.05) is 13.2 Å². The summed E-state index contributed by atoms with van der Waals surface area (Å²) in [6.45, 7) is 6.65. The van der Waals surface area contributed by atoms with Crippen molar-refractivity contribution in [3.8, 4) is 0 Å². The van der Waals surface area contributed by atoms with E-state index in [0.717, 1.165) is 64.2 Å². The molecule has 0 saturated carbocycles. The molecule has 6 heteroatoms. The molecule has 79 heavy (non-hydrogen) atoms. The summed E-state index contributed by atoms with van der Waals surface area (Å²) in [5.41, 5.74) is 0. The molecule has 6 nitrogen and oxygen atoms in total. The Morgan fingerprint density at radius 3 is 0.722 bits per heavy atom. The lowest BCUT2D eigenvalue weighted by Crippen LogP contribution is -2.30. The molecule has 0 rings (SSSR count). The fraction of sp³-hybridized carbons (Fsp3) is 0.904. The van der Waals surface area contributed by atoms with Gasteiger partial charge in [-0.15, -0.1) is 0 Å². The van der Waals surface area contributed by atoms with E-state index in [2.05, 4.69) is 45.1 Å². The van der Waals surface area contributed by atoms with Crippen LogP contribution in [0.3, 0.4) is 0 Å². The van der Waals surface area contributed by atoms with E-state index in [1.807, 2.05) is 0 Å². The molecule has 1 unspecified atom stereocenters. The lowest BCUT2D eigenvalue weighted by Gasteiger charge is -2.18. The molecule has 0 aromatic carbocycles. The van der Waals surface area contributed by atoms with Crippen LogP contribution in [0, 0.1) is 0 Å². The van der Waals surface area contributed by atoms with Gasteiger partial charge in [0.25, 0.3) is 0 Å². The number of ether oxygens (including phenoxy) is 3. The zero-order chi connectivity index (χ0) is 57.1. The predicted octanol–water partition coefficient (Wildman–Crippen LogP) is 24.6. The maximum atomic E-state index is 12.9. The highest BCUT2D eigenvalue weighted by atomic mass is 16.6. The van der Waals surface area contributed by atoms with Crippen LogP contribution in [-0.2, 0) is 28.6 Å². The summed E-state index contributed by atoms with van der Waals surface area (Å²) in [5, 5.41) is 0. The standard InChI is InChI=1S/C73H138O6/c1-4-7-10-13-16-19-21-23-25-27-29-30-31-32-33-34-35-36-37-38-39-40-41-42-43-45-46-48-50-52-54-57-60-63-66-72(75)78-69-70(68-77-71(74)65-62-59-56-18-15-12-9-6-3)79-73(76)67-64-61-58-55-53-51-49-47-44-28-26-24-22-20-17-14-11-8-5-2/h17,20,24,26,70H,4-16,18-19,21-23,25,27-69H2,1-3H3/b20-17-,26-24-. The maximum Gasteiger partial charge on any atom is 0.306 e. The number of unbranched alkanes of at least 4 members (excludes halogenated alkanes) is 52. The molecule has 0 spiro atoms. The number of carbonyl (C=O) groups excluding carboxylic acids is 3. The minimum Gasteiger partial charge on any atom is -0.462 e. The van der Waals surface area contributed by atoms with Gasteiger partial charge in [0.2, 0.25) is 0 Å². The first-order valence-corrected chi connectivity index (χ1v) is 35.8. The second kappa shape index (κ2) is 68.4. The van der Waals surface area contributed by atoms with Gasteiger partial charge in [-0.3, -0.25) is 14.4 Å². The van der Waals surface area contributed by atoms with Gasteiger partial charge in [0.15, 0.2) is 6.10 Å². The molecule has 0 aliphatic rings. The summed E-state index contributed by atoms with van der Waals surface area (Å²) in [6, 6.07) is 0. The number of carbonyl (C=O) groups is 3. The van der Waals surface area contributed by atoms with Crippen LogP contribution in [0.4, 0.5) is 0 Å². The van der Waals surface area contributed by atoms with Crippen molar-refractivity contribution in [1.29, 1.82) is 0 Å². The summed E-state index contributed by atoms with van der Waals surface area (Å²) in [6.07, 6.45) is 83.9. The Morgan fingerprint density at radius 2 is 0.456 bits per heavy atom. The van der Waals surface area contributed by atoms with E-state index in [0.29, 0.717) is 19.3 Å². The molecular weight excluding hydrogens is 973 g/mol. The largest absolute Gasteiger partial charge is 0.462 e. The van der Waals surface area contributed by atoms with Crippen LogP contribution in [0.2, 0.25) is 0 Å². The molecule has 0 heterocycles. The number of rotatable bonds is 67. The Balaban J connectivity index is 3.96. The Kier molecular flexibility index (Phi) is 66.6. The van der Waals surface area contributed by atoms with Gasteiger partial charge in [0.05, 0.1) is 0 Å². The number of esters is 3. The van der Waals surface area contributed by atoms with Gasteiger partial charge in [0.1, 0.15) is 13.2 Å². The normalized spacial score (nSPS) is 12.1. The third-order valence-electron chi connectivity index (χ3n) is 16.5. The van der Waals surface area contributed by atoms with Gasteiger partial charge in [-0.2, -0.15) is 0 Å². The minimum absolute atomic E-state index is 0.0674. The first-order chi connectivity index (χ1) is 39.0. The lowest BCUT2D eigenvalue weighted by atomic mass is 10.0. The van der Waals surface area contributed by atoms with E-state index in [1.54, 1.807) is 0 Å². The monoisotopic (exact) mass is 1110 g/mol. The molecule has 0 aliphatic carbocycles. The van der Waals surface area contributed by atoms with Crippen LogP contribution in [0.15, 0.2) is 24.3 Å². The molecule has 0 aromatic rings. The van der Waals surface area contributed by atoms with Crippen LogP contribution in [-0.4, -0.2) is 37.2 Å². The van der Waals surface area contributed by atoms with Gasteiger partial charge in [-0.1, -0.05) is 360 Å². The second-order valence-corrected chi connectivity index (χ2v) is 24.5. The van der Waals surface area contributed by atoms with Crippen LogP contribution in [0.25, 0.3) is 0 Å². The molecule has 0 aliphatic heterocycles. The van der Waals surface area contributed by atoms with Crippen molar-refractivity contribution in [2.45, 2.75) is 412 Å². The summed E-state index contributed by atoms with van der Waals surface area (Å²) < 4.78 is 16.9. The highest BCUT2D eigenvalue weighted by molar-refractivity contribution is 5.71. The molecule has 466 valence electrons. The van der Waals surface area contributed by atoms with Crippen molar-refractivity contribution in [3.05, 3.63) is 24.3 Å². The Labute approximate surface area is 493 Å². The zero-order valence-corrected chi connectivity index (χ0v) is 53.7. The first kappa shape index (κ1) is 76.9. The number of hydrogen-bond donors (Lipinski definition) is 0. The average Bonchev–Trinajstić information content (AvgIpc) is 3.45. The Morgan fingerprint density at radius 1 is 0.253 bits per heavy atom. The van der Waals surface area contributed by atoms with E-state index >= 15 is 0 Å². The molecular formula is C73H138O6. The SMILES string of the molecule is CCCCC/C=C\C/C=C\CCCCCCCCCCCC(=O)OC(COC(=O)CCCCCCCCCC)COC(=O)CCCCCCCCCCCCCCCCCCCCCCCCCCCCCCCCCCCC. The molecule has 1 atom stereocenters. The third kappa shape index (κ3) is 66.6. The second-order valence-electron chi connectivity index (χ2n) is 24.5. The van der Waals surface area contributed by atoms with Crippen molar-refractivity contribution >= 4 is 17.9 Å². The van der Waals surface area contributed by atoms with Crippen molar-refractivity contribution in [3.63, 3.8) is 0 Å². The fourth-order valence-corrected chi connectivity index (χ4v) is 11.1. The summed E-state index contributed by atoms with van der Waals surface area (Å²) in [7, 11) is 0. The van der Waals surface area contributed by atoms with Gasteiger partial charge in [-0.25, -0.2) is 0 Å². The van der Waals surface area contributed by atoms with Crippen molar-refractivity contribution < 1.29 is 28.6 Å². The predicted molar refractivity (Wildman–Crippen MR) is 344 cm³/mol. The fourth-order valence-electron chi connectivity index (χ4n) is 11.1. The molecule has 0 aromatic heterocycles. The van der Waals surface area contributed by atoms with Crippen molar-refractivity contribution in [1.82, 2.24) is 0 Å². The van der Waals surface area contributed by atoms with Crippen molar-refractivity contribution in [2.24, 2.45) is 0 Å². The van der Waals surface area contributed by atoms with E-state index in [1.165, 1.54) is 302 Å². The number of allylic oxidation sites excluding steroid dienone is 4. The van der Waals surface area contributed by atoms with Crippen LogP contribution in [0.5, 0.6) is 0 Å². The maximum absolute atomic E-state index is 12.9. The van der Waals surface area contributed by atoms with E-state index in [9.17, 15) is 14.4 Å². The smallest absolute Gasteiger partial charge is 0.306 e. The summed E-state index contributed by atoms with van der Waals surface area (Å²) in [5.74, 6) is -0.849. The Bertz CT molecular complexity index is 1270. The van der Waals surface area contributed by atoms with Gasteiger partial charge in [0, 0.05) is 19.3 Å². The summed E-state index contributed by atoms with van der Waals surface area (Å²) in [4.78, 5) is 38.2. The van der Waals surface area contributed by atoms with E-state index < -0.39 is 6.10 Å². The van der Waals surface area contributed by atoms with Crippen LogP contribution >= 0.6 is 0 Å². The van der Waals surface area contributed by atoms with Crippen LogP contribution in [0.1, 0.15) is 406 Å². The lowest BCUT2D eigenvalue weighted by molar-refractivity contribution is -0.167. The third-order valence-corrected chi connectivity index (χ3v) is 16.5. The molecule has 0 radical (unpaired) electrons. The zero-order valence-electron chi connectivity index (χ0n) is 53.7. The average molecular weight is 1110 g/mol. The van der Waals surface area contributed by atoms with Crippen LogP contribution < -0.4 is 0 Å². The topological polar surface area (TPSA) is 78.9 Å². The minimum atomic E-state index is -0.769. The molecule has 0 fully saturated rings. The van der Waals surface area contributed by atoms with Gasteiger partial charge >= 0.3 is 17.9 Å².